The molecule has 0 aliphatic carbocycles. The van der Waals surface area contributed by atoms with Gasteiger partial charge in [0.2, 0.25) is 0 Å². The predicted molar refractivity (Wildman–Crippen MR) is 56.2 cm³/mol. The molecule has 0 radical (unpaired) electrons. The van der Waals surface area contributed by atoms with Gasteiger partial charge in [0, 0.05) is 10.0 Å². The minimum Gasteiger partial charge on any atom is -0.295 e. The summed E-state index contributed by atoms with van der Waals surface area (Å²) in [6.07, 6.45) is 3.11. The lowest BCUT2D eigenvalue weighted by molar-refractivity contribution is -0.112. The molecule has 1 rings (SSSR count). The van der Waals surface area contributed by atoms with Crippen molar-refractivity contribution in [3.8, 4) is 0 Å². The number of rotatable bonds is 2. The summed E-state index contributed by atoms with van der Waals surface area (Å²) in [5.41, 5.74) is 0.754. The third-order valence-corrected chi connectivity index (χ3v) is 2.03. The summed E-state index contributed by atoms with van der Waals surface area (Å²) < 4.78 is 0. The molecule has 1 nitrogen and oxygen atoms in total. The van der Waals surface area contributed by atoms with Gasteiger partial charge < -0.3 is 0 Å². The monoisotopic (exact) mass is 214 g/mol. The van der Waals surface area contributed by atoms with E-state index in [1.807, 2.05) is 0 Å². The van der Waals surface area contributed by atoms with E-state index in [1.165, 1.54) is 13.0 Å². The summed E-state index contributed by atoms with van der Waals surface area (Å²) in [6.45, 7) is 1.48. The van der Waals surface area contributed by atoms with Crippen LogP contribution in [0.1, 0.15) is 12.5 Å². The van der Waals surface area contributed by atoms with Crippen molar-refractivity contribution in [3.63, 3.8) is 0 Å². The first-order chi connectivity index (χ1) is 6.09. The fourth-order valence-electron chi connectivity index (χ4n) is 0.849. The largest absolute Gasteiger partial charge is 0.295 e. The number of allylic oxidation sites excluding steroid dienone is 1. The van der Waals surface area contributed by atoms with Crippen molar-refractivity contribution in [2.75, 3.05) is 0 Å². The summed E-state index contributed by atoms with van der Waals surface area (Å²) in [6, 6.07) is 5.11. The Morgan fingerprint density at radius 1 is 1.38 bits per heavy atom. The Morgan fingerprint density at radius 2 is 2.08 bits per heavy atom. The van der Waals surface area contributed by atoms with E-state index in [0.29, 0.717) is 10.0 Å². The maximum absolute atomic E-state index is 10.7. The molecule has 0 bridgehead atoms. The number of benzene rings is 1. The van der Waals surface area contributed by atoms with E-state index in [0.717, 1.165) is 5.56 Å². The van der Waals surface area contributed by atoms with Crippen molar-refractivity contribution < 1.29 is 4.79 Å². The number of ketones is 1. The molecule has 68 valence electrons. The van der Waals surface area contributed by atoms with E-state index >= 15 is 0 Å². The number of carbonyl (C=O) groups excluding carboxylic acids is 1. The van der Waals surface area contributed by atoms with Gasteiger partial charge in [0.05, 0.1) is 0 Å². The summed E-state index contributed by atoms with van der Waals surface area (Å²) in [4.78, 5) is 10.7. The van der Waals surface area contributed by atoms with Crippen LogP contribution in [0.5, 0.6) is 0 Å². The van der Waals surface area contributed by atoms with Crippen LogP contribution >= 0.6 is 23.2 Å². The van der Waals surface area contributed by atoms with Gasteiger partial charge >= 0.3 is 0 Å². The van der Waals surface area contributed by atoms with Crippen LogP contribution in [0.2, 0.25) is 10.0 Å². The Morgan fingerprint density at radius 3 is 2.69 bits per heavy atom. The maximum atomic E-state index is 10.7. The quantitative estimate of drug-likeness (QED) is 0.689. The third-order valence-electron chi connectivity index (χ3n) is 1.46. The SMILES string of the molecule is CC(=O)C=Cc1cc(Cl)ccc1Cl. The molecule has 0 spiro atoms. The van der Waals surface area contributed by atoms with Crippen molar-refractivity contribution in [3.05, 3.63) is 39.9 Å². The Balaban J connectivity index is 3.00. The first-order valence-electron chi connectivity index (χ1n) is 3.73. The summed E-state index contributed by atoms with van der Waals surface area (Å²) in [5.74, 6) is -0.0176. The fourth-order valence-corrected chi connectivity index (χ4v) is 1.21. The Hall–Kier alpha value is -0.790. The number of hydrogen-bond donors (Lipinski definition) is 0. The first-order valence-corrected chi connectivity index (χ1v) is 4.49. The molecule has 0 amide bonds. The molecular weight excluding hydrogens is 207 g/mol. The van der Waals surface area contributed by atoms with Crippen molar-refractivity contribution in [2.45, 2.75) is 6.92 Å². The van der Waals surface area contributed by atoms with Crippen LogP contribution in [0, 0.1) is 0 Å². The molecule has 0 heterocycles. The number of halogens is 2. The molecular formula is C10H8Cl2O. The second-order valence-electron chi connectivity index (χ2n) is 2.61. The van der Waals surface area contributed by atoms with Crippen LogP contribution in [0.15, 0.2) is 24.3 Å². The second kappa shape index (κ2) is 4.45. The minimum atomic E-state index is -0.0176. The number of hydrogen-bond acceptors (Lipinski definition) is 1. The van der Waals surface area contributed by atoms with E-state index in [2.05, 4.69) is 0 Å². The van der Waals surface area contributed by atoms with Gasteiger partial charge in [-0.25, -0.2) is 0 Å². The van der Waals surface area contributed by atoms with Gasteiger partial charge in [0.15, 0.2) is 5.78 Å². The van der Waals surface area contributed by atoms with Gasteiger partial charge in [-0.3, -0.25) is 4.79 Å². The van der Waals surface area contributed by atoms with Crippen molar-refractivity contribution in [1.29, 1.82) is 0 Å². The minimum absolute atomic E-state index is 0.0176. The van der Waals surface area contributed by atoms with Gasteiger partial charge in [-0.1, -0.05) is 23.2 Å². The van der Waals surface area contributed by atoms with Crippen LogP contribution in [0.4, 0.5) is 0 Å². The lowest BCUT2D eigenvalue weighted by atomic mass is 10.2. The van der Waals surface area contributed by atoms with Crippen molar-refractivity contribution in [2.24, 2.45) is 0 Å². The molecule has 0 saturated carbocycles. The standard InChI is InChI=1S/C10H8Cl2O/c1-7(13)2-3-8-6-9(11)4-5-10(8)12/h2-6H,1H3. The smallest absolute Gasteiger partial charge is 0.152 e. The summed E-state index contributed by atoms with van der Waals surface area (Å²) in [5, 5.41) is 1.19. The molecule has 0 N–H and O–H groups in total. The van der Waals surface area contributed by atoms with Crippen LogP contribution in [0.25, 0.3) is 6.08 Å². The Labute approximate surface area is 87.0 Å². The molecule has 3 heteroatoms. The zero-order valence-electron chi connectivity index (χ0n) is 7.05. The molecule has 1 aromatic carbocycles. The zero-order valence-corrected chi connectivity index (χ0v) is 8.56. The average Bonchev–Trinajstić information content (AvgIpc) is 2.06. The van der Waals surface area contributed by atoms with E-state index in [1.54, 1.807) is 24.3 Å². The highest BCUT2D eigenvalue weighted by molar-refractivity contribution is 6.34. The van der Waals surface area contributed by atoms with Gasteiger partial charge in [0.1, 0.15) is 0 Å². The maximum Gasteiger partial charge on any atom is 0.152 e. The van der Waals surface area contributed by atoms with Gasteiger partial charge in [-0.2, -0.15) is 0 Å². The van der Waals surface area contributed by atoms with E-state index in [4.69, 9.17) is 23.2 Å². The van der Waals surface area contributed by atoms with Crippen LogP contribution in [-0.2, 0) is 4.79 Å². The van der Waals surface area contributed by atoms with Crippen molar-refractivity contribution >= 4 is 35.1 Å². The lowest BCUT2D eigenvalue weighted by Gasteiger charge is -1.97. The van der Waals surface area contributed by atoms with Gasteiger partial charge in [0.25, 0.3) is 0 Å². The van der Waals surface area contributed by atoms with Crippen molar-refractivity contribution in [1.82, 2.24) is 0 Å². The van der Waals surface area contributed by atoms with Gasteiger partial charge in [-0.05, 0) is 42.8 Å². The molecule has 0 aliphatic rings. The molecule has 0 fully saturated rings. The molecule has 0 unspecified atom stereocenters. The molecule has 1 aromatic rings. The third kappa shape index (κ3) is 3.21. The zero-order chi connectivity index (χ0) is 9.84. The Bertz CT molecular complexity index is 356. The van der Waals surface area contributed by atoms with Crippen LogP contribution in [-0.4, -0.2) is 5.78 Å². The average molecular weight is 215 g/mol. The van der Waals surface area contributed by atoms with Crippen LogP contribution in [0.3, 0.4) is 0 Å². The highest BCUT2D eigenvalue weighted by atomic mass is 35.5. The molecule has 0 saturated heterocycles. The molecule has 0 atom stereocenters. The Kier molecular flexibility index (Phi) is 3.52. The normalized spacial score (nSPS) is 10.7. The van der Waals surface area contributed by atoms with E-state index in [9.17, 15) is 4.79 Å². The molecule has 0 aromatic heterocycles. The topological polar surface area (TPSA) is 17.1 Å². The lowest BCUT2D eigenvalue weighted by Crippen LogP contribution is -1.81. The molecule has 0 aliphatic heterocycles. The second-order valence-corrected chi connectivity index (χ2v) is 3.45. The fraction of sp³-hybridized carbons (Fsp3) is 0.100. The summed E-state index contributed by atoms with van der Waals surface area (Å²) in [7, 11) is 0. The highest BCUT2D eigenvalue weighted by Crippen LogP contribution is 2.21. The predicted octanol–water partition coefficient (Wildman–Crippen LogP) is 3.60. The first kappa shape index (κ1) is 10.3. The summed E-state index contributed by atoms with van der Waals surface area (Å²) >= 11 is 11.6. The van der Waals surface area contributed by atoms with E-state index in [-0.39, 0.29) is 5.78 Å². The van der Waals surface area contributed by atoms with E-state index < -0.39 is 0 Å². The molecule has 13 heavy (non-hydrogen) atoms. The number of carbonyl (C=O) groups is 1. The van der Waals surface area contributed by atoms with Gasteiger partial charge in [-0.15, -0.1) is 0 Å². The highest BCUT2D eigenvalue weighted by Gasteiger charge is 1.97. The van der Waals surface area contributed by atoms with Crippen LogP contribution < -0.4 is 0 Å².